The van der Waals surface area contributed by atoms with Crippen LogP contribution in [0.25, 0.3) is 0 Å². The van der Waals surface area contributed by atoms with Gasteiger partial charge in [0, 0.05) is 11.9 Å². The third-order valence-corrected chi connectivity index (χ3v) is 5.71. The van der Waals surface area contributed by atoms with E-state index in [1.807, 2.05) is 0 Å². The fourth-order valence-electron chi connectivity index (χ4n) is 1.60. The van der Waals surface area contributed by atoms with Gasteiger partial charge in [0.25, 0.3) is 0 Å². The predicted octanol–water partition coefficient (Wildman–Crippen LogP) is 0.694. The van der Waals surface area contributed by atoms with Gasteiger partial charge in [-0.25, -0.2) is 18.2 Å². The van der Waals surface area contributed by atoms with Crippen LogP contribution in [-0.2, 0) is 16.6 Å². The second kappa shape index (κ2) is 5.31. The van der Waals surface area contributed by atoms with Crippen molar-refractivity contribution in [3.63, 3.8) is 0 Å². The number of nitrogens with one attached hydrogen (secondary N) is 1. The van der Waals surface area contributed by atoms with Gasteiger partial charge in [0.05, 0.1) is 11.4 Å². The molecular weight excluding hydrogens is 304 g/mol. The number of hydrogen-bond donors (Lipinski definition) is 2. The van der Waals surface area contributed by atoms with Crippen LogP contribution in [0.4, 0.5) is 0 Å². The largest absolute Gasteiger partial charge is 0.477 e. The summed E-state index contributed by atoms with van der Waals surface area (Å²) in [6, 6.07) is 1.18. The number of aryl methyl sites for hydroxylation is 1. The smallest absolute Gasteiger partial charge is 0.345 e. The van der Waals surface area contributed by atoms with Crippen LogP contribution in [0.1, 0.15) is 20.4 Å². The molecule has 0 radical (unpaired) electrons. The highest BCUT2D eigenvalue weighted by molar-refractivity contribution is 7.89. The lowest BCUT2D eigenvalue weighted by Gasteiger charge is -2.15. The van der Waals surface area contributed by atoms with E-state index in [1.165, 1.54) is 19.4 Å². The van der Waals surface area contributed by atoms with Crippen LogP contribution < -0.4 is 0 Å². The fourth-order valence-corrected chi connectivity index (χ4v) is 4.12. The molecular formula is C10H12N4O4S2. The maximum absolute atomic E-state index is 12.4. The monoisotopic (exact) mass is 316 g/mol. The Morgan fingerprint density at radius 3 is 2.75 bits per heavy atom. The maximum atomic E-state index is 12.4. The Kier molecular flexibility index (Phi) is 3.88. The Bertz CT molecular complexity index is 721. The molecule has 0 saturated heterocycles. The van der Waals surface area contributed by atoms with Gasteiger partial charge < -0.3 is 5.11 Å². The molecule has 0 aliphatic heterocycles. The standard InChI is InChI=1S/C10H12N4O4S2/c1-6-8(3-7(19-6)10(15)16)20(17,18)14(2)4-9-11-5-12-13-9/h3,5H,4H2,1-2H3,(H,15,16)(H,11,12,13). The normalized spacial score (nSPS) is 11.9. The Morgan fingerprint density at radius 2 is 2.25 bits per heavy atom. The third kappa shape index (κ3) is 2.71. The van der Waals surface area contributed by atoms with Crippen LogP contribution in [-0.4, -0.2) is 46.0 Å². The molecule has 0 bridgehead atoms. The number of aromatic carboxylic acids is 1. The number of aromatic amines is 1. The minimum atomic E-state index is -3.77. The number of carbonyl (C=O) groups is 1. The molecule has 0 fully saturated rings. The van der Waals surface area contributed by atoms with Crippen LogP contribution in [0, 0.1) is 6.92 Å². The molecule has 0 aliphatic rings. The van der Waals surface area contributed by atoms with E-state index < -0.39 is 16.0 Å². The molecule has 0 aromatic carbocycles. The van der Waals surface area contributed by atoms with Gasteiger partial charge in [-0.05, 0) is 13.0 Å². The van der Waals surface area contributed by atoms with E-state index in [0.29, 0.717) is 10.7 Å². The number of aromatic nitrogens is 3. The fraction of sp³-hybridized carbons (Fsp3) is 0.300. The third-order valence-electron chi connectivity index (χ3n) is 2.61. The Morgan fingerprint density at radius 1 is 1.55 bits per heavy atom. The van der Waals surface area contributed by atoms with Crippen LogP contribution >= 0.6 is 11.3 Å². The lowest BCUT2D eigenvalue weighted by Crippen LogP contribution is -2.27. The summed E-state index contributed by atoms with van der Waals surface area (Å²) < 4.78 is 25.9. The van der Waals surface area contributed by atoms with Gasteiger partial charge in [-0.3, -0.25) is 5.10 Å². The Labute approximate surface area is 119 Å². The van der Waals surface area contributed by atoms with E-state index in [4.69, 9.17) is 5.11 Å². The molecule has 2 N–H and O–H groups in total. The van der Waals surface area contributed by atoms with Gasteiger partial charge in [-0.2, -0.15) is 9.40 Å². The summed E-state index contributed by atoms with van der Waals surface area (Å²) in [5.41, 5.74) is 0. The SMILES string of the molecule is Cc1sc(C(=O)O)cc1S(=O)(=O)N(C)Cc1ncn[nH]1. The first-order valence-corrected chi connectivity index (χ1v) is 7.72. The summed E-state index contributed by atoms with van der Waals surface area (Å²) in [6.45, 7) is 1.60. The highest BCUT2D eigenvalue weighted by atomic mass is 32.2. The average Bonchev–Trinajstić information content (AvgIpc) is 2.98. The Hall–Kier alpha value is -1.78. The molecule has 0 spiro atoms. The van der Waals surface area contributed by atoms with Crippen molar-refractivity contribution in [3.8, 4) is 0 Å². The molecule has 0 aliphatic carbocycles. The average molecular weight is 316 g/mol. The molecule has 0 saturated carbocycles. The van der Waals surface area contributed by atoms with Gasteiger partial charge in [0.1, 0.15) is 17.0 Å². The predicted molar refractivity (Wildman–Crippen MR) is 71.1 cm³/mol. The van der Waals surface area contributed by atoms with Crippen molar-refractivity contribution < 1.29 is 18.3 Å². The summed E-state index contributed by atoms with van der Waals surface area (Å²) in [6.07, 6.45) is 1.29. The number of H-pyrrole nitrogens is 1. The second-order valence-electron chi connectivity index (χ2n) is 4.03. The number of nitrogens with zero attached hydrogens (tertiary/aromatic N) is 3. The first-order valence-electron chi connectivity index (χ1n) is 5.46. The number of carboxylic acids is 1. The van der Waals surface area contributed by atoms with Crippen LogP contribution in [0.15, 0.2) is 17.3 Å². The molecule has 2 aromatic heterocycles. The van der Waals surface area contributed by atoms with Crippen LogP contribution in [0.5, 0.6) is 0 Å². The van der Waals surface area contributed by atoms with E-state index in [2.05, 4.69) is 15.2 Å². The van der Waals surface area contributed by atoms with Gasteiger partial charge in [0.2, 0.25) is 10.0 Å². The number of carboxylic acid groups (broad SMARTS) is 1. The lowest BCUT2D eigenvalue weighted by atomic mass is 10.4. The summed E-state index contributed by atoms with van der Waals surface area (Å²) in [4.78, 5) is 15.2. The summed E-state index contributed by atoms with van der Waals surface area (Å²) in [7, 11) is -2.37. The number of hydrogen-bond acceptors (Lipinski definition) is 6. The van der Waals surface area contributed by atoms with Crippen molar-refractivity contribution in [2.45, 2.75) is 18.4 Å². The van der Waals surface area contributed by atoms with Crippen LogP contribution in [0.3, 0.4) is 0 Å². The first-order chi connectivity index (χ1) is 9.32. The molecule has 108 valence electrons. The van der Waals surface area contributed by atoms with Crippen molar-refractivity contribution in [3.05, 3.63) is 28.0 Å². The quantitative estimate of drug-likeness (QED) is 0.838. The molecule has 10 heteroatoms. The summed E-state index contributed by atoms with van der Waals surface area (Å²) in [5.74, 6) is -0.736. The Balaban J connectivity index is 2.32. The number of sulfonamides is 1. The summed E-state index contributed by atoms with van der Waals surface area (Å²) >= 11 is 0.934. The van der Waals surface area contributed by atoms with E-state index in [1.54, 1.807) is 6.92 Å². The van der Waals surface area contributed by atoms with Gasteiger partial charge >= 0.3 is 5.97 Å². The van der Waals surface area contributed by atoms with Crippen molar-refractivity contribution in [1.29, 1.82) is 0 Å². The first kappa shape index (κ1) is 14.6. The zero-order chi connectivity index (χ0) is 14.9. The van der Waals surface area contributed by atoms with E-state index in [9.17, 15) is 13.2 Å². The van der Waals surface area contributed by atoms with Gasteiger partial charge in [0.15, 0.2) is 0 Å². The van der Waals surface area contributed by atoms with Crippen LogP contribution in [0.2, 0.25) is 0 Å². The molecule has 0 atom stereocenters. The van der Waals surface area contributed by atoms with Gasteiger partial charge in [-0.15, -0.1) is 11.3 Å². The summed E-state index contributed by atoms with van der Waals surface area (Å²) in [5, 5.41) is 15.1. The molecule has 2 heterocycles. The van der Waals surface area contributed by atoms with Crippen molar-refractivity contribution >= 4 is 27.3 Å². The highest BCUT2D eigenvalue weighted by Crippen LogP contribution is 2.28. The lowest BCUT2D eigenvalue weighted by molar-refractivity contribution is 0.0702. The molecule has 20 heavy (non-hydrogen) atoms. The minimum Gasteiger partial charge on any atom is -0.477 e. The van der Waals surface area contributed by atoms with Gasteiger partial charge in [-0.1, -0.05) is 0 Å². The van der Waals surface area contributed by atoms with E-state index in [-0.39, 0.29) is 16.3 Å². The minimum absolute atomic E-state index is 0.00177. The number of thiophene rings is 1. The zero-order valence-corrected chi connectivity index (χ0v) is 12.3. The molecule has 8 nitrogen and oxygen atoms in total. The maximum Gasteiger partial charge on any atom is 0.345 e. The molecule has 0 unspecified atom stereocenters. The molecule has 2 rings (SSSR count). The molecule has 2 aromatic rings. The highest BCUT2D eigenvalue weighted by Gasteiger charge is 2.26. The van der Waals surface area contributed by atoms with E-state index >= 15 is 0 Å². The topological polar surface area (TPSA) is 116 Å². The molecule has 0 amide bonds. The van der Waals surface area contributed by atoms with E-state index in [0.717, 1.165) is 15.6 Å². The second-order valence-corrected chi connectivity index (χ2v) is 7.30. The van der Waals surface area contributed by atoms with Crippen molar-refractivity contribution in [1.82, 2.24) is 19.5 Å². The van der Waals surface area contributed by atoms with Crippen molar-refractivity contribution in [2.24, 2.45) is 0 Å². The van der Waals surface area contributed by atoms with Crippen molar-refractivity contribution in [2.75, 3.05) is 7.05 Å². The number of rotatable bonds is 5. The zero-order valence-electron chi connectivity index (χ0n) is 10.7.